The fourth-order valence-corrected chi connectivity index (χ4v) is 4.34. The zero-order valence-corrected chi connectivity index (χ0v) is 13.2. The minimum absolute atomic E-state index is 0.302. The van der Waals surface area contributed by atoms with Crippen molar-refractivity contribution >= 4 is 10.8 Å². The Bertz CT molecular complexity index is 698. The number of fused-ring (bicyclic) bond motifs is 3. The van der Waals surface area contributed by atoms with Gasteiger partial charge in [0, 0.05) is 12.1 Å². The highest BCUT2D eigenvalue weighted by molar-refractivity contribution is 5.87. The first-order chi connectivity index (χ1) is 10.6. The van der Waals surface area contributed by atoms with Gasteiger partial charge in [-0.3, -0.25) is 4.90 Å². The van der Waals surface area contributed by atoms with Crippen LogP contribution in [-0.2, 0) is 10.3 Å². The monoisotopic (exact) mass is 297 g/mol. The van der Waals surface area contributed by atoms with Crippen molar-refractivity contribution in [3.05, 3.63) is 47.5 Å². The normalized spacial score (nSPS) is 32.3. The molecular formula is C19H23NO2. The molecule has 0 aromatic heterocycles. The van der Waals surface area contributed by atoms with E-state index in [2.05, 4.69) is 55.3 Å². The first-order valence-electron chi connectivity index (χ1n) is 8.09. The molecule has 2 aliphatic rings. The summed E-state index contributed by atoms with van der Waals surface area (Å²) in [6, 6.07) is 13.3. The number of aryl methyl sites for hydroxylation is 1. The van der Waals surface area contributed by atoms with Crippen molar-refractivity contribution in [3.8, 4) is 0 Å². The fraction of sp³-hybridized carbons (Fsp3) is 0.474. The molecule has 0 radical (unpaired) electrons. The van der Waals surface area contributed by atoms with Gasteiger partial charge in [-0.1, -0.05) is 36.4 Å². The van der Waals surface area contributed by atoms with Crippen molar-refractivity contribution < 1.29 is 9.84 Å². The zero-order chi connectivity index (χ0) is 15.3. The lowest BCUT2D eigenvalue weighted by molar-refractivity contribution is -0.137. The highest BCUT2D eigenvalue weighted by Crippen LogP contribution is 2.43. The number of hydrogen-bond acceptors (Lipinski definition) is 3. The number of likely N-dealkylation sites (N-methyl/N-ethyl adjacent to an activating group) is 1. The van der Waals surface area contributed by atoms with Crippen LogP contribution in [0.5, 0.6) is 0 Å². The predicted molar refractivity (Wildman–Crippen MR) is 88.0 cm³/mol. The van der Waals surface area contributed by atoms with Crippen LogP contribution in [0.1, 0.15) is 24.0 Å². The maximum absolute atomic E-state index is 11.6. The third kappa shape index (κ3) is 2.08. The second-order valence-electron chi connectivity index (χ2n) is 6.93. The topological polar surface area (TPSA) is 32.7 Å². The molecule has 22 heavy (non-hydrogen) atoms. The summed E-state index contributed by atoms with van der Waals surface area (Å²) >= 11 is 0. The molecule has 2 fully saturated rings. The Morgan fingerprint density at radius 2 is 1.77 bits per heavy atom. The zero-order valence-electron chi connectivity index (χ0n) is 13.2. The number of ether oxygens (including phenoxy) is 1. The molecule has 2 aromatic carbocycles. The lowest BCUT2D eigenvalue weighted by atomic mass is 9.74. The van der Waals surface area contributed by atoms with Gasteiger partial charge in [-0.05, 0) is 48.7 Å². The standard InChI is InChI=1S/C19H23NO2/c1-13-7-8-14-5-3-4-6-17(14)18(13)19(21)9-15-11-22-12-16(10-19)20(15)2/h3-8,15-16,21H,9-12H2,1-2H3. The van der Waals surface area contributed by atoms with Gasteiger partial charge in [-0.2, -0.15) is 0 Å². The summed E-state index contributed by atoms with van der Waals surface area (Å²) in [4.78, 5) is 2.39. The third-order valence-electron chi connectivity index (χ3n) is 5.52. The van der Waals surface area contributed by atoms with E-state index in [1.165, 1.54) is 16.3 Å². The number of rotatable bonds is 1. The molecule has 4 rings (SSSR count). The summed E-state index contributed by atoms with van der Waals surface area (Å²) in [5, 5.41) is 14.0. The highest BCUT2D eigenvalue weighted by atomic mass is 16.5. The SMILES string of the molecule is Cc1ccc2ccccc2c1C1(O)CC2COCC(C1)N2C. The maximum atomic E-state index is 11.6. The molecule has 2 atom stereocenters. The van der Waals surface area contributed by atoms with Gasteiger partial charge in [0.05, 0.1) is 18.8 Å². The molecular weight excluding hydrogens is 274 g/mol. The first kappa shape index (κ1) is 14.2. The minimum atomic E-state index is -0.753. The molecule has 116 valence electrons. The van der Waals surface area contributed by atoms with Crippen molar-refractivity contribution in [2.45, 2.75) is 37.5 Å². The fourth-order valence-electron chi connectivity index (χ4n) is 4.34. The van der Waals surface area contributed by atoms with Crippen molar-refractivity contribution in [1.82, 2.24) is 4.90 Å². The van der Waals surface area contributed by atoms with E-state index in [1.807, 2.05) is 0 Å². The summed E-state index contributed by atoms with van der Waals surface area (Å²) in [5.74, 6) is 0. The molecule has 0 spiro atoms. The van der Waals surface area contributed by atoms with E-state index in [4.69, 9.17) is 4.74 Å². The van der Waals surface area contributed by atoms with E-state index in [1.54, 1.807) is 0 Å². The molecule has 2 aromatic rings. The van der Waals surface area contributed by atoms with Gasteiger partial charge in [0.2, 0.25) is 0 Å². The van der Waals surface area contributed by atoms with Gasteiger partial charge in [-0.15, -0.1) is 0 Å². The Morgan fingerprint density at radius 1 is 1.09 bits per heavy atom. The third-order valence-corrected chi connectivity index (χ3v) is 5.52. The number of aliphatic hydroxyl groups is 1. The molecule has 2 bridgehead atoms. The smallest absolute Gasteiger partial charge is 0.0936 e. The van der Waals surface area contributed by atoms with E-state index in [-0.39, 0.29) is 0 Å². The molecule has 2 saturated heterocycles. The van der Waals surface area contributed by atoms with Gasteiger partial charge in [0.15, 0.2) is 0 Å². The van der Waals surface area contributed by atoms with Crippen molar-refractivity contribution in [3.63, 3.8) is 0 Å². The Morgan fingerprint density at radius 3 is 2.50 bits per heavy atom. The van der Waals surface area contributed by atoms with Crippen molar-refractivity contribution in [2.24, 2.45) is 0 Å². The van der Waals surface area contributed by atoms with Crippen LogP contribution in [0.2, 0.25) is 0 Å². The van der Waals surface area contributed by atoms with Crippen LogP contribution in [-0.4, -0.2) is 42.4 Å². The summed E-state index contributed by atoms with van der Waals surface area (Å²) in [7, 11) is 2.16. The summed E-state index contributed by atoms with van der Waals surface area (Å²) in [5.41, 5.74) is 1.55. The lowest BCUT2D eigenvalue weighted by Gasteiger charge is -2.50. The van der Waals surface area contributed by atoms with E-state index in [9.17, 15) is 5.11 Å². The molecule has 2 heterocycles. The predicted octanol–water partition coefficient (Wildman–Crippen LogP) is 2.83. The number of benzene rings is 2. The van der Waals surface area contributed by atoms with Gasteiger partial charge in [0.1, 0.15) is 0 Å². The molecule has 1 N–H and O–H groups in total. The number of morpholine rings is 1. The second-order valence-corrected chi connectivity index (χ2v) is 6.93. The summed E-state index contributed by atoms with van der Waals surface area (Å²) in [6.07, 6.45) is 1.49. The minimum Gasteiger partial charge on any atom is -0.385 e. The average molecular weight is 297 g/mol. The van der Waals surface area contributed by atoms with Gasteiger partial charge in [-0.25, -0.2) is 0 Å². The Hall–Kier alpha value is -1.42. The number of piperidine rings is 1. The summed E-state index contributed by atoms with van der Waals surface area (Å²) in [6.45, 7) is 3.56. The van der Waals surface area contributed by atoms with Crippen molar-refractivity contribution in [1.29, 1.82) is 0 Å². The Labute approximate surface area is 131 Å². The van der Waals surface area contributed by atoms with Crippen LogP contribution >= 0.6 is 0 Å². The Balaban J connectivity index is 1.86. The van der Waals surface area contributed by atoms with Crippen LogP contribution in [0.4, 0.5) is 0 Å². The quantitative estimate of drug-likeness (QED) is 0.878. The van der Waals surface area contributed by atoms with Gasteiger partial charge in [0.25, 0.3) is 0 Å². The van der Waals surface area contributed by atoms with Gasteiger partial charge >= 0.3 is 0 Å². The van der Waals surface area contributed by atoms with E-state index >= 15 is 0 Å². The maximum Gasteiger partial charge on any atom is 0.0936 e. The molecule has 0 amide bonds. The highest BCUT2D eigenvalue weighted by Gasteiger charge is 2.46. The lowest BCUT2D eigenvalue weighted by Crippen LogP contribution is -2.59. The van der Waals surface area contributed by atoms with Crippen LogP contribution in [0.15, 0.2) is 36.4 Å². The van der Waals surface area contributed by atoms with Crippen LogP contribution < -0.4 is 0 Å². The van der Waals surface area contributed by atoms with E-state index < -0.39 is 5.60 Å². The van der Waals surface area contributed by atoms with Crippen LogP contribution in [0.25, 0.3) is 10.8 Å². The first-order valence-corrected chi connectivity index (χ1v) is 8.09. The largest absolute Gasteiger partial charge is 0.385 e. The number of hydrogen-bond donors (Lipinski definition) is 1. The molecule has 3 nitrogen and oxygen atoms in total. The molecule has 0 aliphatic carbocycles. The average Bonchev–Trinajstić information content (AvgIpc) is 2.49. The van der Waals surface area contributed by atoms with Crippen molar-refractivity contribution in [2.75, 3.05) is 20.3 Å². The second kappa shape index (κ2) is 5.05. The molecule has 2 unspecified atom stereocenters. The molecule has 3 heteroatoms. The Kier molecular flexibility index (Phi) is 3.26. The molecule has 0 saturated carbocycles. The van der Waals surface area contributed by atoms with E-state index in [0.29, 0.717) is 12.1 Å². The van der Waals surface area contributed by atoms with Crippen LogP contribution in [0.3, 0.4) is 0 Å². The van der Waals surface area contributed by atoms with Gasteiger partial charge < -0.3 is 9.84 Å². The summed E-state index contributed by atoms with van der Waals surface area (Å²) < 4.78 is 5.70. The molecule has 2 aliphatic heterocycles. The van der Waals surface area contributed by atoms with E-state index in [0.717, 1.165) is 31.6 Å². The number of nitrogens with zero attached hydrogens (tertiary/aromatic N) is 1. The van der Waals surface area contributed by atoms with Crippen LogP contribution in [0, 0.1) is 6.92 Å².